The Labute approximate surface area is 91.8 Å². The average Bonchev–Trinajstić information content (AvgIpc) is 2.28. The van der Waals surface area contributed by atoms with Crippen molar-refractivity contribution in [3.8, 4) is 0 Å². The Bertz CT molecular complexity index is 244. The number of methoxy groups -OCH3 is 1. The first-order valence-electron chi connectivity index (χ1n) is 5.97. The molecule has 3 fully saturated rings. The van der Waals surface area contributed by atoms with E-state index in [0.717, 1.165) is 0 Å². The molecule has 3 heteroatoms. The molecule has 86 valence electrons. The number of rotatable bonds is 2. The van der Waals surface area contributed by atoms with Crippen LogP contribution in [0, 0.1) is 17.8 Å². The van der Waals surface area contributed by atoms with Gasteiger partial charge >= 0.3 is 5.97 Å². The van der Waals surface area contributed by atoms with E-state index in [1.165, 1.54) is 33.0 Å². The smallest absolute Gasteiger partial charge is 0.310 e. The van der Waals surface area contributed by atoms with E-state index in [0.29, 0.717) is 17.9 Å². The highest BCUT2D eigenvalue weighted by atomic mass is 16.5. The molecular weight excluding hydrogens is 190 g/mol. The molecule has 0 aromatic carbocycles. The second kappa shape index (κ2) is 4.12. The van der Waals surface area contributed by atoms with Crippen molar-refractivity contribution in [2.75, 3.05) is 20.2 Å². The summed E-state index contributed by atoms with van der Waals surface area (Å²) in [4.78, 5) is 14.3. The molecule has 0 spiro atoms. The van der Waals surface area contributed by atoms with Gasteiger partial charge in [0.2, 0.25) is 0 Å². The van der Waals surface area contributed by atoms with Crippen molar-refractivity contribution in [2.45, 2.75) is 32.7 Å². The Balaban J connectivity index is 2.21. The summed E-state index contributed by atoms with van der Waals surface area (Å²) < 4.78 is 4.96. The highest BCUT2D eigenvalue weighted by molar-refractivity contribution is 5.74. The molecule has 3 heterocycles. The van der Waals surface area contributed by atoms with Crippen LogP contribution in [0.4, 0.5) is 0 Å². The Morgan fingerprint density at radius 1 is 1.33 bits per heavy atom. The van der Waals surface area contributed by atoms with Crippen molar-refractivity contribution in [1.82, 2.24) is 4.90 Å². The van der Waals surface area contributed by atoms with Crippen LogP contribution in [0.15, 0.2) is 0 Å². The number of fused-ring (bicyclic) bond motifs is 3. The van der Waals surface area contributed by atoms with E-state index in [1.807, 2.05) is 0 Å². The molecule has 0 aromatic rings. The lowest BCUT2D eigenvalue weighted by Crippen LogP contribution is -2.59. The molecule has 3 rings (SSSR count). The molecule has 2 atom stereocenters. The molecule has 3 aliphatic rings. The monoisotopic (exact) mass is 211 g/mol. The van der Waals surface area contributed by atoms with Gasteiger partial charge in [0.15, 0.2) is 0 Å². The molecular formula is C12H21NO2. The zero-order chi connectivity index (χ0) is 11.0. The van der Waals surface area contributed by atoms with Gasteiger partial charge in [-0.15, -0.1) is 0 Å². The van der Waals surface area contributed by atoms with Gasteiger partial charge in [0.1, 0.15) is 0 Å². The lowest BCUT2D eigenvalue weighted by atomic mass is 9.70. The summed E-state index contributed by atoms with van der Waals surface area (Å²) in [5, 5.41) is 0. The van der Waals surface area contributed by atoms with E-state index < -0.39 is 0 Å². The maximum atomic E-state index is 11.8. The molecule has 0 aliphatic carbocycles. The standard InChI is InChI=1S/C12H21NO2/c1-8(2)11-10(12(14)15-3)9-4-6-13(11)7-5-9/h8-11H,4-7H2,1-3H3. The Morgan fingerprint density at radius 3 is 2.40 bits per heavy atom. The molecule has 2 bridgehead atoms. The Hall–Kier alpha value is -0.570. The topological polar surface area (TPSA) is 29.5 Å². The van der Waals surface area contributed by atoms with Gasteiger partial charge in [0.05, 0.1) is 13.0 Å². The first kappa shape index (κ1) is 10.9. The van der Waals surface area contributed by atoms with Crippen molar-refractivity contribution >= 4 is 5.97 Å². The molecule has 0 amide bonds. The van der Waals surface area contributed by atoms with E-state index in [9.17, 15) is 4.79 Å². The minimum atomic E-state index is 0.00287. The van der Waals surface area contributed by atoms with E-state index in [-0.39, 0.29) is 11.9 Å². The minimum Gasteiger partial charge on any atom is -0.469 e. The summed E-state index contributed by atoms with van der Waals surface area (Å²) in [6.07, 6.45) is 2.34. The van der Waals surface area contributed by atoms with Crippen LogP contribution in [0.3, 0.4) is 0 Å². The summed E-state index contributed by atoms with van der Waals surface area (Å²) in [5.41, 5.74) is 0. The van der Waals surface area contributed by atoms with Crippen LogP contribution in [-0.2, 0) is 9.53 Å². The van der Waals surface area contributed by atoms with Crippen LogP contribution in [0.25, 0.3) is 0 Å². The predicted molar refractivity (Wildman–Crippen MR) is 58.4 cm³/mol. The number of hydrogen-bond donors (Lipinski definition) is 0. The molecule has 0 N–H and O–H groups in total. The van der Waals surface area contributed by atoms with Gasteiger partial charge in [0.25, 0.3) is 0 Å². The number of carbonyl (C=O) groups is 1. The number of ether oxygens (including phenoxy) is 1. The molecule has 3 saturated heterocycles. The average molecular weight is 211 g/mol. The summed E-state index contributed by atoms with van der Waals surface area (Å²) in [5.74, 6) is 1.23. The van der Waals surface area contributed by atoms with Crippen LogP contribution >= 0.6 is 0 Å². The lowest BCUT2D eigenvalue weighted by Gasteiger charge is -2.51. The Kier molecular flexibility index (Phi) is 3.01. The van der Waals surface area contributed by atoms with Crippen molar-refractivity contribution in [3.63, 3.8) is 0 Å². The van der Waals surface area contributed by atoms with Crippen molar-refractivity contribution in [3.05, 3.63) is 0 Å². The molecule has 15 heavy (non-hydrogen) atoms. The maximum Gasteiger partial charge on any atom is 0.310 e. The van der Waals surface area contributed by atoms with Crippen LogP contribution in [0.1, 0.15) is 26.7 Å². The third-order valence-corrected chi connectivity index (χ3v) is 4.03. The summed E-state index contributed by atoms with van der Waals surface area (Å²) >= 11 is 0. The minimum absolute atomic E-state index is 0.00287. The van der Waals surface area contributed by atoms with Gasteiger partial charge in [-0.05, 0) is 37.8 Å². The number of esters is 1. The molecule has 2 unspecified atom stereocenters. The molecule has 0 saturated carbocycles. The fourth-order valence-electron chi connectivity index (χ4n) is 3.39. The second-order valence-electron chi connectivity index (χ2n) is 5.16. The molecule has 3 aliphatic heterocycles. The van der Waals surface area contributed by atoms with Crippen LogP contribution < -0.4 is 0 Å². The highest BCUT2D eigenvalue weighted by Gasteiger charge is 2.47. The van der Waals surface area contributed by atoms with E-state index in [4.69, 9.17) is 4.74 Å². The van der Waals surface area contributed by atoms with Crippen LogP contribution in [0.2, 0.25) is 0 Å². The van der Waals surface area contributed by atoms with Gasteiger partial charge in [-0.2, -0.15) is 0 Å². The number of carbonyl (C=O) groups excluding carboxylic acids is 1. The Morgan fingerprint density at radius 2 is 1.93 bits per heavy atom. The zero-order valence-electron chi connectivity index (χ0n) is 9.90. The van der Waals surface area contributed by atoms with Gasteiger partial charge in [0, 0.05) is 6.04 Å². The largest absolute Gasteiger partial charge is 0.469 e. The zero-order valence-corrected chi connectivity index (χ0v) is 9.90. The van der Waals surface area contributed by atoms with E-state index >= 15 is 0 Å². The normalized spacial score (nSPS) is 39.5. The van der Waals surface area contributed by atoms with Crippen LogP contribution in [0.5, 0.6) is 0 Å². The van der Waals surface area contributed by atoms with Gasteiger partial charge in [-0.1, -0.05) is 13.8 Å². The first-order valence-corrected chi connectivity index (χ1v) is 5.97. The lowest BCUT2D eigenvalue weighted by molar-refractivity contribution is -0.158. The SMILES string of the molecule is COC(=O)C1C2CCN(CC2)C1C(C)C. The van der Waals surface area contributed by atoms with Gasteiger partial charge in [-0.3, -0.25) is 9.69 Å². The van der Waals surface area contributed by atoms with E-state index in [2.05, 4.69) is 18.7 Å². The fraction of sp³-hybridized carbons (Fsp3) is 0.917. The van der Waals surface area contributed by atoms with Gasteiger partial charge < -0.3 is 4.74 Å². The first-order chi connectivity index (χ1) is 7.15. The highest BCUT2D eigenvalue weighted by Crippen LogP contribution is 2.40. The van der Waals surface area contributed by atoms with Crippen molar-refractivity contribution < 1.29 is 9.53 Å². The molecule has 0 aromatic heterocycles. The van der Waals surface area contributed by atoms with Crippen molar-refractivity contribution in [1.29, 1.82) is 0 Å². The summed E-state index contributed by atoms with van der Waals surface area (Å²) in [6, 6.07) is 0.407. The molecule has 3 nitrogen and oxygen atoms in total. The second-order valence-corrected chi connectivity index (χ2v) is 5.16. The fourth-order valence-corrected chi connectivity index (χ4v) is 3.39. The van der Waals surface area contributed by atoms with Crippen molar-refractivity contribution in [2.24, 2.45) is 17.8 Å². The quantitative estimate of drug-likeness (QED) is 0.649. The third kappa shape index (κ3) is 1.78. The van der Waals surface area contributed by atoms with Gasteiger partial charge in [-0.25, -0.2) is 0 Å². The maximum absolute atomic E-state index is 11.8. The number of piperidine rings is 3. The predicted octanol–water partition coefficient (Wildman–Crippen LogP) is 1.53. The van der Waals surface area contributed by atoms with Crippen LogP contribution in [-0.4, -0.2) is 37.1 Å². The number of hydrogen-bond acceptors (Lipinski definition) is 3. The number of nitrogens with zero attached hydrogens (tertiary/aromatic N) is 1. The third-order valence-electron chi connectivity index (χ3n) is 4.03. The molecule has 0 radical (unpaired) electrons. The van der Waals surface area contributed by atoms with E-state index in [1.54, 1.807) is 0 Å². The summed E-state index contributed by atoms with van der Waals surface area (Å²) in [7, 11) is 1.51. The summed E-state index contributed by atoms with van der Waals surface area (Å²) in [6.45, 7) is 6.75.